The first kappa shape index (κ1) is 11.6. The number of aliphatic hydroxyl groups excluding tert-OH is 1. The zero-order valence-corrected chi connectivity index (χ0v) is 9.27. The minimum Gasteiger partial charge on any atom is -0.396 e. The highest BCUT2D eigenvalue weighted by Gasteiger charge is 2.32. The Bertz CT molecular complexity index is 317. The molecule has 3 heteroatoms. The Hall–Kier alpha value is -0.930. The summed E-state index contributed by atoms with van der Waals surface area (Å²) >= 11 is 0. The van der Waals surface area contributed by atoms with Crippen LogP contribution in [0.2, 0.25) is 0 Å². The molecule has 0 radical (unpaired) electrons. The Morgan fingerprint density at radius 1 is 1.31 bits per heavy atom. The van der Waals surface area contributed by atoms with Gasteiger partial charge in [0, 0.05) is 18.7 Å². The van der Waals surface area contributed by atoms with E-state index in [0.29, 0.717) is 12.8 Å². The molecule has 1 aromatic carbocycles. The summed E-state index contributed by atoms with van der Waals surface area (Å²) in [7, 11) is 0. The molecule has 16 heavy (non-hydrogen) atoms. The highest BCUT2D eigenvalue weighted by Crippen LogP contribution is 2.27. The first-order valence-corrected chi connectivity index (χ1v) is 5.87. The lowest BCUT2D eigenvalue weighted by atomic mass is 9.89. The summed E-state index contributed by atoms with van der Waals surface area (Å²) in [5.41, 5.74) is 1.12. The third kappa shape index (κ3) is 2.60. The molecule has 3 unspecified atom stereocenters. The molecule has 0 bridgehead atoms. The minimum absolute atomic E-state index is 0.0308. The van der Waals surface area contributed by atoms with Gasteiger partial charge >= 0.3 is 0 Å². The molecule has 1 aliphatic carbocycles. The average Bonchev–Trinajstić information content (AvgIpc) is 2.33. The number of alkyl halides is 1. The number of hydrogen-bond donors (Lipinski definition) is 2. The zero-order chi connectivity index (χ0) is 11.4. The monoisotopic (exact) mass is 223 g/mol. The van der Waals surface area contributed by atoms with E-state index in [4.69, 9.17) is 5.11 Å². The van der Waals surface area contributed by atoms with Crippen molar-refractivity contribution in [3.8, 4) is 0 Å². The number of hydrogen-bond acceptors (Lipinski definition) is 2. The predicted molar refractivity (Wildman–Crippen MR) is 61.9 cm³/mol. The lowest BCUT2D eigenvalue weighted by molar-refractivity contribution is 0.125. The smallest absolute Gasteiger partial charge is 0.115 e. The third-order valence-electron chi connectivity index (χ3n) is 3.23. The second-order valence-electron chi connectivity index (χ2n) is 4.34. The third-order valence-corrected chi connectivity index (χ3v) is 3.23. The fourth-order valence-corrected chi connectivity index (χ4v) is 2.07. The van der Waals surface area contributed by atoms with Gasteiger partial charge in [-0.1, -0.05) is 30.3 Å². The maximum absolute atomic E-state index is 13.2. The highest BCUT2D eigenvalue weighted by atomic mass is 19.1. The van der Waals surface area contributed by atoms with Gasteiger partial charge in [-0.2, -0.15) is 0 Å². The van der Waals surface area contributed by atoms with Crippen molar-refractivity contribution in [3.05, 3.63) is 35.9 Å². The molecule has 1 aliphatic rings. The zero-order valence-electron chi connectivity index (χ0n) is 9.27. The van der Waals surface area contributed by atoms with Crippen molar-refractivity contribution >= 4 is 0 Å². The first-order chi connectivity index (χ1) is 7.81. The number of rotatable bonds is 5. The topological polar surface area (TPSA) is 32.3 Å². The van der Waals surface area contributed by atoms with Gasteiger partial charge in [-0.15, -0.1) is 0 Å². The van der Waals surface area contributed by atoms with Crippen molar-refractivity contribution in [3.63, 3.8) is 0 Å². The summed E-state index contributed by atoms with van der Waals surface area (Å²) in [6, 6.07) is 9.95. The van der Waals surface area contributed by atoms with Gasteiger partial charge in [0.05, 0.1) is 0 Å². The molecule has 2 N–H and O–H groups in total. The van der Waals surface area contributed by atoms with Crippen molar-refractivity contribution < 1.29 is 9.50 Å². The van der Waals surface area contributed by atoms with Crippen LogP contribution in [0.3, 0.4) is 0 Å². The van der Waals surface area contributed by atoms with Gasteiger partial charge in [-0.25, -0.2) is 4.39 Å². The molecule has 1 fully saturated rings. The van der Waals surface area contributed by atoms with E-state index in [9.17, 15) is 4.39 Å². The van der Waals surface area contributed by atoms with Crippen molar-refractivity contribution in [1.29, 1.82) is 0 Å². The molecule has 3 atom stereocenters. The molecular weight excluding hydrogens is 205 g/mol. The van der Waals surface area contributed by atoms with Crippen LogP contribution < -0.4 is 5.32 Å². The van der Waals surface area contributed by atoms with Crippen LogP contribution in [0.1, 0.15) is 30.9 Å². The molecule has 0 aliphatic heterocycles. The Morgan fingerprint density at radius 3 is 2.56 bits per heavy atom. The molecule has 0 aromatic heterocycles. The summed E-state index contributed by atoms with van der Waals surface area (Å²) < 4.78 is 13.2. The van der Waals surface area contributed by atoms with Gasteiger partial charge in [-0.05, 0) is 24.8 Å². The number of nitrogens with one attached hydrogen (secondary N) is 1. The molecule has 0 saturated heterocycles. The van der Waals surface area contributed by atoms with Gasteiger partial charge in [-0.3, -0.25) is 0 Å². The summed E-state index contributed by atoms with van der Waals surface area (Å²) in [6.45, 7) is 0.121. The van der Waals surface area contributed by atoms with Gasteiger partial charge in [0.1, 0.15) is 6.17 Å². The number of halogens is 1. The summed E-state index contributed by atoms with van der Waals surface area (Å²) in [5.74, 6) is 0. The largest absolute Gasteiger partial charge is 0.396 e. The van der Waals surface area contributed by atoms with E-state index < -0.39 is 6.17 Å². The quantitative estimate of drug-likeness (QED) is 0.802. The number of aliphatic hydroxyl groups is 1. The average molecular weight is 223 g/mol. The van der Waals surface area contributed by atoms with Crippen molar-refractivity contribution in [2.75, 3.05) is 6.61 Å². The van der Waals surface area contributed by atoms with Crippen LogP contribution in [0.5, 0.6) is 0 Å². The van der Waals surface area contributed by atoms with Gasteiger partial charge < -0.3 is 10.4 Å². The Balaban J connectivity index is 1.99. The van der Waals surface area contributed by atoms with E-state index in [0.717, 1.165) is 12.0 Å². The first-order valence-electron chi connectivity index (χ1n) is 5.87. The lowest BCUT2D eigenvalue weighted by Gasteiger charge is -2.35. The fraction of sp³-hybridized carbons (Fsp3) is 0.538. The fourth-order valence-electron chi connectivity index (χ4n) is 2.07. The second-order valence-corrected chi connectivity index (χ2v) is 4.34. The summed E-state index contributed by atoms with van der Waals surface area (Å²) in [6.07, 6.45) is 1.48. The van der Waals surface area contributed by atoms with Gasteiger partial charge in [0.25, 0.3) is 0 Å². The Morgan fingerprint density at radius 2 is 2.06 bits per heavy atom. The van der Waals surface area contributed by atoms with Crippen LogP contribution in [0.4, 0.5) is 4.39 Å². The second kappa shape index (κ2) is 5.41. The molecule has 1 saturated carbocycles. The van der Waals surface area contributed by atoms with E-state index in [-0.39, 0.29) is 18.7 Å². The van der Waals surface area contributed by atoms with Crippen LogP contribution >= 0.6 is 0 Å². The van der Waals surface area contributed by atoms with Crippen molar-refractivity contribution in [1.82, 2.24) is 5.32 Å². The van der Waals surface area contributed by atoms with E-state index in [1.807, 2.05) is 30.3 Å². The molecule has 88 valence electrons. The minimum atomic E-state index is -0.718. The van der Waals surface area contributed by atoms with Crippen LogP contribution in [0.15, 0.2) is 30.3 Å². The molecule has 1 aromatic rings. The van der Waals surface area contributed by atoms with Crippen LogP contribution in [-0.2, 0) is 0 Å². The Kier molecular flexibility index (Phi) is 3.91. The standard InChI is InChI=1S/C13H18FNO/c14-11-6-7-13(11)15-12(8-9-16)10-4-2-1-3-5-10/h1-5,11-13,15-16H,6-9H2. The summed E-state index contributed by atoms with van der Waals surface area (Å²) in [5, 5.41) is 12.3. The Labute approximate surface area is 95.5 Å². The summed E-state index contributed by atoms with van der Waals surface area (Å²) in [4.78, 5) is 0. The van der Waals surface area contributed by atoms with Crippen molar-refractivity contribution in [2.24, 2.45) is 0 Å². The maximum Gasteiger partial charge on any atom is 0.115 e. The molecule has 0 spiro atoms. The SMILES string of the molecule is OCCC(NC1CCC1F)c1ccccc1. The van der Waals surface area contributed by atoms with E-state index in [1.54, 1.807) is 0 Å². The van der Waals surface area contributed by atoms with Crippen molar-refractivity contribution in [2.45, 2.75) is 37.5 Å². The molecule has 0 amide bonds. The van der Waals surface area contributed by atoms with Gasteiger partial charge in [0.2, 0.25) is 0 Å². The van der Waals surface area contributed by atoms with E-state index >= 15 is 0 Å². The van der Waals surface area contributed by atoms with E-state index in [2.05, 4.69) is 5.32 Å². The molecule has 2 nitrogen and oxygen atoms in total. The van der Waals surface area contributed by atoms with Crippen LogP contribution in [0, 0.1) is 0 Å². The van der Waals surface area contributed by atoms with Crippen LogP contribution in [0.25, 0.3) is 0 Å². The van der Waals surface area contributed by atoms with E-state index in [1.165, 1.54) is 0 Å². The maximum atomic E-state index is 13.2. The molecular formula is C13H18FNO. The highest BCUT2D eigenvalue weighted by molar-refractivity contribution is 5.19. The molecule has 0 heterocycles. The lowest BCUT2D eigenvalue weighted by Crippen LogP contribution is -2.47. The normalized spacial score (nSPS) is 26.1. The van der Waals surface area contributed by atoms with Crippen LogP contribution in [-0.4, -0.2) is 23.9 Å². The predicted octanol–water partition coefficient (Wildman–Crippen LogP) is 2.20. The number of benzene rings is 1. The van der Waals surface area contributed by atoms with Gasteiger partial charge in [0.15, 0.2) is 0 Å². The molecule has 2 rings (SSSR count).